The van der Waals surface area contributed by atoms with Gasteiger partial charge in [0.1, 0.15) is 6.04 Å². The highest BCUT2D eigenvalue weighted by Crippen LogP contribution is 2.11. The number of carbonyl (C=O) groups excluding carboxylic acids is 3. The summed E-state index contributed by atoms with van der Waals surface area (Å²) in [5, 5.41) is 2.56. The number of nitrogens with two attached hydrogens (primary N) is 1. The fourth-order valence-corrected chi connectivity index (χ4v) is 1.91. The molecule has 0 aliphatic rings. The van der Waals surface area contributed by atoms with Crippen molar-refractivity contribution in [1.29, 1.82) is 0 Å². The topological polar surface area (TPSA) is 98.5 Å². The van der Waals surface area contributed by atoms with Gasteiger partial charge in [-0.3, -0.25) is 14.4 Å². The first kappa shape index (κ1) is 16.7. The Balaban J connectivity index is 2.71. The Bertz CT molecular complexity index is 502. The number of rotatable bonds is 7. The second kappa shape index (κ2) is 8.04. The zero-order valence-corrected chi connectivity index (χ0v) is 12.2. The summed E-state index contributed by atoms with van der Waals surface area (Å²) in [6, 6.07) is 7.55. The summed E-state index contributed by atoms with van der Waals surface area (Å²) in [7, 11) is 0. The van der Waals surface area contributed by atoms with E-state index >= 15 is 0 Å². The average Bonchev–Trinajstić information content (AvgIpc) is 2.45. The van der Waals surface area contributed by atoms with Crippen molar-refractivity contribution in [3.05, 3.63) is 35.9 Å². The lowest BCUT2D eigenvalue weighted by molar-refractivity contribution is -0.144. The lowest BCUT2D eigenvalue weighted by atomic mass is 9.97. The van der Waals surface area contributed by atoms with Crippen LogP contribution in [-0.2, 0) is 14.3 Å². The smallest absolute Gasteiger partial charge is 0.306 e. The molecule has 0 aliphatic carbocycles. The summed E-state index contributed by atoms with van der Waals surface area (Å²) in [4.78, 5) is 35.0. The third-order valence-electron chi connectivity index (χ3n) is 2.99. The highest BCUT2D eigenvalue weighted by atomic mass is 16.5. The van der Waals surface area contributed by atoms with Crippen LogP contribution in [0.2, 0.25) is 0 Å². The molecule has 3 N–H and O–H groups in total. The van der Waals surface area contributed by atoms with Crippen molar-refractivity contribution in [1.82, 2.24) is 5.32 Å². The molecule has 1 aromatic rings. The maximum atomic E-state index is 12.0. The zero-order valence-electron chi connectivity index (χ0n) is 12.2. The maximum absolute atomic E-state index is 12.0. The molecule has 0 saturated carbocycles. The van der Waals surface area contributed by atoms with E-state index < -0.39 is 29.7 Å². The summed E-state index contributed by atoms with van der Waals surface area (Å²) in [6.07, 6.45) is 0.0104. The first-order valence-electron chi connectivity index (χ1n) is 6.76. The van der Waals surface area contributed by atoms with E-state index in [1.54, 1.807) is 44.2 Å². The van der Waals surface area contributed by atoms with Crippen LogP contribution in [0.5, 0.6) is 0 Å². The van der Waals surface area contributed by atoms with Crippen molar-refractivity contribution in [3.63, 3.8) is 0 Å². The van der Waals surface area contributed by atoms with Gasteiger partial charge in [0.15, 0.2) is 0 Å². The molecule has 0 spiro atoms. The molecule has 0 bridgehead atoms. The van der Waals surface area contributed by atoms with Crippen LogP contribution in [0, 0.1) is 5.92 Å². The Morgan fingerprint density at radius 2 is 1.86 bits per heavy atom. The van der Waals surface area contributed by atoms with Gasteiger partial charge in [-0.15, -0.1) is 0 Å². The van der Waals surface area contributed by atoms with E-state index in [-0.39, 0.29) is 13.0 Å². The van der Waals surface area contributed by atoms with E-state index in [2.05, 4.69) is 5.32 Å². The van der Waals surface area contributed by atoms with Gasteiger partial charge in [0.2, 0.25) is 5.91 Å². The molecular weight excluding hydrogens is 272 g/mol. The quantitative estimate of drug-likeness (QED) is 0.728. The number of nitrogens with one attached hydrogen (secondary N) is 1. The number of ether oxygens (including phenoxy) is 1. The Kier molecular flexibility index (Phi) is 6.39. The first-order chi connectivity index (χ1) is 9.95. The van der Waals surface area contributed by atoms with Crippen molar-refractivity contribution in [3.8, 4) is 0 Å². The van der Waals surface area contributed by atoms with Crippen molar-refractivity contribution < 1.29 is 19.1 Å². The molecule has 0 aliphatic heterocycles. The van der Waals surface area contributed by atoms with Gasteiger partial charge in [-0.05, 0) is 25.0 Å². The number of carbonyl (C=O) groups is 3. The van der Waals surface area contributed by atoms with Crippen molar-refractivity contribution in [2.24, 2.45) is 11.7 Å². The molecule has 0 unspecified atom stereocenters. The zero-order chi connectivity index (χ0) is 15.8. The molecule has 0 heterocycles. The predicted molar refractivity (Wildman–Crippen MR) is 77.3 cm³/mol. The van der Waals surface area contributed by atoms with Crippen LogP contribution in [0.4, 0.5) is 0 Å². The van der Waals surface area contributed by atoms with Gasteiger partial charge in [-0.1, -0.05) is 25.1 Å². The largest absolute Gasteiger partial charge is 0.466 e. The molecule has 0 aromatic heterocycles. The monoisotopic (exact) mass is 292 g/mol. The summed E-state index contributed by atoms with van der Waals surface area (Å²) < 4.78 is 4.83. The standard InChI is InChI=1S/C15H20N2O4/c1-3-21-12(18)9-10(2)13(14(16)19)17-15(20)11-7-5-4-6-8-11/h4-8,10,13H,3,9H2,1-2H3,(H2,16,19)(H,17,20)/t10-,13-/m1/s1. The van der Waals surface area contributed by atoms with E-state index in [1.165, 1.54) is 0 Å². The van der Waals surface area contributed by atoms with E-state index in [4.69, 9.17) is 10.5 Å². The molecule has 0 fully saturated rings. The first-order valence-corrected chi connectivity index (χ1v) is 6.76. The van der Waals surface area contributed by atoms with Gasteiger partial charge in [0.25, 0.3) is 5.91 Å². The maximum Gasteiger partial charge on any atom is 0.306 e. The second-order valence-electron chi connectivity index (χ2n) is 4.71. The molecule has 2 atom stereocenters. The van der Waals surface area contributed by atoms with Crippen LogP contribution >= 0.6 is 0 Å². The van der Waals surface area contributed by atoms with Gasteiger partial charge in [-0.2, -0.15) is 0 Å². The molecular formula is C15H20N2O4. The van der Waals surface area contributed by atoms with Gasteiger partial charge < -0.3 is 15.8 Å². The fraction of sp³-hybridized carbons (Fsp3) is 0.400. The summed E-state index contributed by atoms with van der Waals surface area (Å²) >= 11 is 0. The summed E-state index contributed by atoms with van der Waals surface area (Å²) in [6.45, 7) is 3.63. The van der Waals surface area contributed by atoms with Crippen LogP contribution in [0.15, 0.2) is 30.3 Å². The van der Waals surface area contributed by atoms with E-state index in [0.29, 0.717) is 5.56 Å². The van der Waals surface area contributed by atoms with E-state index in [9.17, 15) is 14.4 Å². The number of esters is 1. The number of amides is 2. The van der Waals surface area contributed by atoms with Crippen LogP contribution in [0.1, 0.15) is 30.6 Å². The SMILES string of the molecule is CCOC(=O)C[C@@H](C)[C@@H](NC(=O)c1ccccc1)C(N)=O. The predicted octanol–water partition coefficient (Wildman–Crippen LogP) is 0.860. The van der Waals surface area contributed by atoms with Gasteiger partial charge in [-0.25, -0.2) is 0 Å². The fourth-order valence-electron chi connectivity index (χ4n) is 1.91. The molecule has 2 amide bonds. The summed E-state index contributed by atoms with van der Waals surface area (Å²) in [5.74, 6) is -1.97. The second-order valence-corrected chi connectivity index (χ2v) is 4.71. The Hall–Kier alpha value is -2.37. The minimum atomic E-state index is -0.929. The molecule has 1 aromatic carbocycles. The highest BCUT2D eigenvalue weighted by Gasteiger charge is 2.27. The minimum Gasteiger partial charge on any atom is -0.466 e. The Morgan fingerprint density at radius 3 is 2.38 bits per heavy atom. The lowest BCUT2D eigenvalue weighted by Gasteiger charge is -2.21. The number of primary amides is 1. The molecule has 0 radical (unpaired) electrons. The van der Waals surface area contributed by atoms with Gasteiger partial charge >= 0.3 is 5.97 Å². The normalized spacial score (nSPS) is 13.0. The minimum absolute atomic E-state index is 0.0104. The van der Waals surface area contributed by atoms with Crippen molar-refractivity contribution in [2.45, 2.75) is 26.3 Å². The van der Waals surface area contributed by atoms with E-state index in [0.717, 1.165) is 0 Å². The number of hydrogen-bond donors (Lipinski definition) is 2. The molecule has 6 heteroatoms. The van der Waals surface area contributed by atoms with Crippen molar-refractivity contribution >= 4 is 17.8 Å². The van der Waals surface area contributed by atoms with Gasteiger partial charge in [0.05, 0.1) is 13.0 Å². The molecule has 6 nitrogen and oxygen atoms in total. The van der Waals surface area contributed by atoms with Crippen LogP contribution in [0.3, 0.4) is 0 Å². The lowest BCUT2D eigenvalue weighted by Crippen LogP contribution is -2.49. The van der Waals surface area contributed by atoms with E-state index in [1.807, 2.05) is 0 Å². The third-order valence-corrected chi connectivity index (χ3v) is 2.99. The number of hydrogen-bond acceptors (Lipinski definition) is 4. The average molecular weight is 292 g/mol. The summed E-state index contributed by atoms with van der Waals surface area (Å²) in [5.41, 5.74) is 5.73. The van der Waals surface area contributed by atoms with Crippen LogP contribution in [-0.4, -0.2) is 30.4 Å². The molecule has 1 rings (SSSR count). The van der Waals surface area contributed by atoms with Gasteiger partial charge in [0, 0.05) is 5.56 Å². The molecule has 114 valence electrons. The van der Waals surface area contributed by atoms with Crippen LogP contribution in [0.25, 0.3) is 0 Å². The molecule has 21 heavy (non-hydrogen) atoms. The van der Waals surface area contributed by atoms with Crippen molar-refractivity contribution in [2.75, 3.05) is 6.61 Å². The Labute approximate surface area is 123 Å². The third kappa shape index (κ3) is 5.25. The highest BCUT2D eigenvalue weighted by molar-refractivity contribution is 5.97. The van der Waals surface area contributed by atoms with Crippen LogP contribution < -0.4 is 11.1 Å². The number of benzene rings is 1. The Morgan fingerprint density at radius 1 is 1.24 bits per heavy atom. The molecule has 0 saturated heterocycles.